The molecule has 88 valence electrons. The van der Waals surface area contributed by atoms with Gasteiger partial charge in [0, 0.05) is 0 Å². The molecule has 15 heavy (non-hydrogen) atoms. The van der Waals surface area contributed by atoms with Gasteiger partial charge in [0.2, 0.25) is 0 Å². The summed E-state index contributed by atoms with van der Waals surface area (Å²) in [7, 11) is 0. The van der Waals surface area contributed by atoms with Crippen molar-refractivity contribution in [2.45, 2.75) is 46.2 Å². The number of nitrogens with one attached hydrogen (secondary N) is 2. The van der Waals surface area contributed by atoms with Crippen LogP contribution in [0.15, 0.2) is 10.2 Å². The Bertz CT molecular complexity index is 248. The van der Waals surface area contributed by atoms with Crippen molar-refractivity contribution >= 4 is 11.7 Å². The van der Waals surface area contributed by atoms with Gasteiger partial charge in [-0.15, -0.1) is 0 Å². The molecule has 0 atom stereocenters. The minimum absolute atomic E-state index is 0. The maximum absolute atomic E-state index is 7.25. The summed E-state index contributed by atoms with van der Waals surface area (Å²) in [5.41, 5.74) is 8.96. The van der Waals surface area contributed by atoms with Crippen LogP contribution in [0.4, 0.5) is 0 Å². The second-order valence-corrected chi connectivity index (χ2v) is 4.15. The highest BCUT2D eigenvalue weighted by Gasteiger charge is 2.25. The normalized spacial score (nSPS) is 12.3. The van der Waals surface area contributed by atoms with E-state index in [1.54, 1.807) is 27.7 Å². The fraction of sp³-hybridized carbons (Fsp3) is 0.778. The predicted molar refractivity (Wildman–Crippen MR) is 63.6 cm³/mol. The van der Waals surface area contributed by atoms with E-state index in [-0.39, 0.29) is 19.1 Å². The Morgan fingerprint density at radius 3 is 1.20 bits per heavy atom. The van der Waals surface area contributed by atoms with E-state index in [9.17, 15) is 0 Å². The lowest BCUT2D eigenvalue weighted by Crippen LogP contribution is -2.38. The van der Waals surface area contributed by atoms with Crippen molar-refractivity contribution in [3.05, 3.63) is 0 Å². The predicted octanol–water partition coefficient (Wildman–Crippen LogP) is 1.50. The van der Waals surface area contributed by atoms with Crippen LogP contribution in [-0.2, 0) is 0 Å². The Balaban J connectivity index is 0. The molecular formula is C9H22N6. The van der Waals surface area contributed by atoms with Gasteiger partial charge >= 0.3 is 0 Å². The number of rotatable bonds is 4. The van der Waals surface area contributed by atoms with E-state index >= 15 is 0 Å². The van der Waals surface area contributed by atoms with Gasteiger partial charge in [0.25, 0.3) is 0 Å². The Morgan fingerprint density at radius 2 is 1.07 bits per heavy atom. The third-order valence-corrected chi connectivity index (χ3v) is 1.87. The van der Waals surface area contributed by atoms with Crippen LogP contribution in [0, 0.1) is 10.8 Å². The molecule has 0 fully saturated rings. The van der Waals surface area contributed by atoms with E-state index in [1.807, 2.05) is 0 Å². The first-order chi connectivity index (χ1) is 6.09. The van der Waals surface area contributed by atoms with E-state index < -0.39 is 11.1 Å². The summed E-state index contributed by atoms with van der Waals surface area (Å²) in [6.45, 7) is 6.70. The molecule has 6 N–H and O–H groups in total. The lowest BCUT2D eigenvalue weighted by atomic mass is 10.1. The molecule has 0 rings (SSSR count). The molecule has 0 aromatic rings. The van der Waals surface area contributed by atoms with Crippen LogP contribution in [0.5, 0.6) is 0 Å². The maximum atomic E-state index is 7.25. The molecule has 0 aliphatic carbocycles. The number of hydrogen-bond donors (Lipinski definition) is 4. The highest BCUT2D eigenvalue weighted by Crippen LogP contribution is 2.15. The van der Waals surface area contributed by atoms with Crippen LogP contribution >= 0.6 is 0 Å². The largest absolute Gasteiger partial charge is 0.386 e. The van der Waals surface area contributed by atoms with Crippen LogP contribution < -0.4 is 11.5 Å². The molecule has 0 unspecified atom stereocenters. The molecule has 0 aliphatic rings. The fourth-order valence-corrected chi connectivity index (χ4v) is 0.358. The molecular weight excluding hydrogens is 192 g/mol. The van der Waals surface area contributed by atoms with Gasteiger partial charge in [0.1, 0.15) is 22.7 Å². The van der Waals surface area contributed by atoms with Crippen LogP contribution in [0.25, 0.3) is 0 Å². The number of nitrogens with two attached hydrogens (primary N) is 2. The van der Waals surface area contributed by atoms with E-state index in [0.717, 1.165) is 0 Å². The standard InChI is InChI=1S/C8H18N6.CH4/c1-7(2,5(9)10)13-14-8(3,4)6(11)12;/h1-4H3,(H3,9,10)(H3,11,12);1H4. The molecule has 0 spiro atoms. The van der Waals surface area contributed by atoms with Crippen molar-refractivity contribution in [3.63, 3.8) is 0 Å². The third-order valence-electron chi connectivity index (χ3n) is 1.87. The summed E-state index contributed by atoms with van der Waals surface area (Å²) in [6, 6.07) is 0. The van der Waals surface area contributed by atoms with Gasteiger partial charge in [-0.3, -0.25) is 10.8 Å². The molecule has 6 nitrogen and oxygen atoms in total. The SMILES string of the molecule is C.CC(C)(N=NC(C)(C)C(=N)N)C(=N)N. The van der Waals surface area contributed by atoms with E-state index in [0.29, 0.717) is 0 Å². The molecule has 0 amide bonds. The molecule has 0 aromatic heterocycles. The zero-order valence-corrected chi connectivity index (χ0v) is 9.05. The average Bonchev–Trinajstić information content (AvgIpc) is 2.01. The van der Waals surface area contributed by atoms with E-state index in [2.05, 4.69) is 10.2 Å². The van der Waals surface area contributed by atoms with Crippen molar-refractivity contribution in [2.75, 3.05) is 0 Å². The minimum Gasteiger partial charge on any atom is -0.386 e. The number of hydrogen-bond acceptors (Lipinski definition) is 4. The second-order valence-electron chi connectivity index (χ2n) is 4.15. The Kier molecular flexibility index (Phi) is 5.18. The first kappa shape index (κ1) is 16.0. The van der Waals surface area contributed by atoms with Crippen molar-refractivity contribution in [2.24, 2.45) is 21.7 Å². The lowest BCUT2D eigenvalue weighted by molar-refractivity contribution is 0.557. The zero-order chi connectivity index (χ0) is 11.6. The smallest absolute Gasteiger partial charge is 0.132 e. The molecule has 0 aliphatic heterocycles. The topological polar surface area (TPSA) is 124 Å². The monoisotopic (exact) mass is 214 g/mol. The summed E-state index contributed by atoms with van der Waals surface area (Å²) in [5, 5.41) is 22.3. The number of azo groups is 1. The highest BCUT2D eigenvalue weighted by molar-refractivity contribution is 5.87. The Hall–Kier alpha value is -1.46. The summed E-state index contributed by atoms with van der Waals surface area (Å²) >= 11 is 0. The summed E-state index contributed by atoms with van der Waals surface area (Å²) in [5.74, 6) is -0.138. The number of amidine groups is 2. The van der Waals surface area contributed by atoms with Gasteiger partial charge in [0.05, 0.1) is 0 Å². The van der Waals surface area contributed by atoms with E-state index in [4.69, 9.17) is 22.3 Å². The Morgan fingerprint density at radius 1 is 0.867 bits per heavy atom. The van der Waals surface area contributed by atoms with Gasteiger partial charge in [-0.1, -0.05) is 7.43 Å². The van der Waals surface area contributed by atoms with Crippen LogP contribution in [0.2, 0.25) is 0 Å². The van der Waals surface area contributed by atoms with Gasteiger partial charge < -0.3 is 11.5 Å². The van der Waals surface area contributed by atoms with Gasteiger partial charge in [0.15, 0.2) is 0 Å². The molecule has 0 heterocycles. The fourth-order valence-electron chi connectivity index (χ4n) is 0.358. The van der Waals surface area contributed by atoms with Crippen LogP contribution in [-0.4, -0.2) is 22.7 Å². The average molecular weight is 214 g/mol. The van der Waals surface area contributed by atoms with E-state index in [1.165, 1.54) is 0 Å². The summed E-state index contributed by atoms with van der Waals surface area (Å²) < 4.78 is 0. The summed E-state index contributed by atoms with van der Waals surface area (Å²) in [6.07, 6.45) is 0. The van der Waals surface area contributed by atoms with Crippen LogP contribution in [0.3, 0.4) is 0 Å². The van der Waals surface area contributed by atoms with Crippen molar-refractivity contribution in [3.8, 4) is 0 Å². The van der Waals surface area contributed by atoms with Crippen molar-refractivity contribution in [1.82, 2.24) is 0 Å². The van der Waals surface area contributed by atoms with Crippen molar-refractivity contribution in [1.29, 1.82) is 10.8 Å². The lowest BCUT2D eigenvalue weighted by Gasteiger charge is -2.20. The molecule has 0 radical (unpaired) electrons. The van der Waals surface area contributed by atoms with Gasteiger partial charge in [-0.25, -0.2) is 0 Å². The molecule has 6 heteroatoms. The molecule has 0 saturated heterocycles. The Labute approximate surface area is 91.2 Å². The quantitative estimate of drug-likeness (QED) is 0.321. The maximum Gasteiger partial charge on any atom is 0.132 e. The first-order valence-electron chi connectivity index (χ1n) is 4.22. The van der Waals surface area contributed by atoms with Gasteiger partial charge in [-0.2, -0.15) is 10.2 Å². The summed E-state index contributed by atoms with van der Waals surface area (Å²) in [4.78, 5) is 0. The highest BCUT2D eigenvalue weighted by atomic mass is 15.2. The second kappa shape index (κ2) is 4.86. The number of nitrogens with zero attached hydrogens (tertiary/aromatic N) is 2. The van der Waals surface area contributed by atoms with Gasteiger partial charge in [-0.05, 0) is 27.7 Å². The van der Waals surface area contributed by atoms with Crippen LogP contribution in [0.1, 0.15) is 35.1 Å². The van der Waals surface area contributed by atoms with Crippen molar-refractivity contribution < 1.29 is 0 Å². The first-order valence-corrected chi connectivity index (χ1v) is 4.22. The zero-order valence-electron chi connectivity index (χ0n) is 9.05. The third kappa shape index (κ3) is 4.53. The molecule has 0 saturated carbocycles. The minimum atomic E-state index is -0.841. The molecule has 0 bridgehead atoms. The molecule has 0 aromatic carbocycles.